The maximum Gasteiger partial charge on any atom is 0.277 e. The molecule has 2 heterocycles. The minimum atomic E-state index is -0.148. The van der Waals surface area contributed by atoms with Crippen LogP contribution in [-0.2, 0) is 4.79 Å². The van der Waals surface area contributed by atoms with Gasteiger partial charge in [0.2, 0.25) is 11.8 Å². The highest BCUT2D eigenvalue weighted by atomic mass is 32.2. The largest absolute Gasteiger partial charge is 0.490 e. The molecular formula is C24H27N3O4S. The number of hydrogen-bond acceptors (Lipinski definition) is 7. The summed E-state index contributed by atoms with van der Waals surface area (Å²) in [6.45, 7) is 7.42. The Balaban J connectivity index is 1.39. The molecule has 0 saturated carbocycles. The van der Waals surface area contributed by atoms with Gasteiger partial charge in [-0.25, -0.2) is 0 Å². The minimum Gasteiger partial charge on any atom is -0.490 e. The van der Waals surface area contributed by atoms with Gasteiger partial charge < -0.3 is 19.2 Å². The van der Waals surface area contributed by atoms with Gasteiger partial charge in [-0.05, 0) is 42.2 Å². The molecule has 0 aliphatic carbocycles. The van der Waals surface area contributed by atoms with Gasteiger partial charge in [0, 0.05) is 12.0 Å². The van der Waals surface area contributed by atoms with Crippen molar-refractivity contribution in [2.24, 2.45) is 5.92 Å². The summed E-state index contributed by atoms with van der Waals surface area (Å²) in [7, 11) is 0. The predicted octanol–water partition coefficient (Wildman–Crippen LogP) is 4.81. The molecule has 0 radical (unpaired) electrons. The van der Waals surface area contributed by atoms with Crippen LogP contribution in [0.2, 0.25) is 0 Å². The van der Waals surface area contributed by atoms with E-state index < -0.39 is 0 Å². The lowest BCUT2D eigenvalue weighted by Gasteiger charge is -2.23. The van der Waals surface area contributed by atoms with Crippen LogP contribution in [0.4, 0.5) is 0 Å². The van der Waals surface area contributed by atoms with Crippen LogP contribution in [0.15, 0.2) is 52.1 Å². The van der Waals surface area contributed by atoms with Crippen molar-refractivity contribution < 1.29 is 18.7 Å². The molecule has 1 amide bonds. The molecule has 8 heteroatoms. The smallest absolute Gasteiger partial charge is 0.277 e. The van der Waals surface area contributed by atoms with Crippen molar-refractivity contribution in [2.45, 2.75) is 38.5 Å². The Kier molecular flexibility index (Phi) is 6.99. The maximum absolute atomic E-state index is 12.7. The highest BCUT2D eigenvalue weighted by Gasteiger charge is 2.22. The number of hydrogen-bond donors (Lipinski definition) is 1. The van der Waals surface area contributed by atoms with E-state index in [1.807, 2.05) is 49.4 Å². The molecule has 7 nitrogen and oxygen atoms in total. The molecule has 0 spiro atoms. The molecule has 1 aromatic heterocycles. The summed E-state index contributed by atoms with van der Waals surface area (Å²) in [5.41, 5.74) is 2.94. The normalized spacial score (nSPS) is 14.1. The highest BCUT2D eigenvalue weighted by Crippen LogP contribution is 2.34. The van der Waals surface area contributed by atoms with Crippen LogP contribution in [0.5, 0.6) is 11.5 Å². The SMILES string of the molecule is Cc1ccccc1-c1nnc(SCC(=O)N[C@@H](c2ccc3c(c2)OCCCO3)C(C)C)o1. The Hall–Kier alpha value is -3.00. The van der Waals surface area contributed by atoms with Gasteiger partial charge in [-0.3, -0.25) is 4.79 Å². The van der Waals surface area contributed by atoms with Gasteiger partial charge in [-0.1, -0.05) is 49.9 Å². The summed E-state index contributed by atoms with van der Waals surface area (Å²) in [6, 6.07) is 13.5. The van der Waals surface area contributed by atoms with Crippen LogP contribution in [0.25, 0.3) is 11.5 Å². The number of aryl methyl sites for hydroxylation is 1. The van der Waals surface area contributed by atoms with E-state index >= 15 is 0 Å². The lowest BCUT2D eigenvalue weighted by molar-refractivity contribution is -0.119. The molecule has 0 fully saturated rings. The van der Waals surface area contributed by atoms with E-state index in [0.717, 1.165) is 34.6 Å². The second-order valence-corrected chi connectivity index (χ2v) is 8.95. The third-order valence-electron chi connectivity index (χ3n) is 5.22. The molecule has 3 aromatic rings. The molecule has 1 aliphatic rings. The first kappa shape index (κ1) is 22.2. The van der Waals surface area contributed by atoms with Gasteiger partial charge in [-0.15, -0.1) is 10.2 Å². The maximum atomic E-state index is 12.7. The second kappa shape index (κ2) is 10.1. The fraction of sp³-hybridized carbons (Fsp3) is 0.375. The first-order chi connectivity index (χ1) is 15.5. The Labute approximate surface area is 191 Å². The molecule has 4 rings (SSSR count). The van der Waals surface area contributed by atoms with Crippen LogP contribution in [0, 0.1) is 12.8 Å². The van der Waals surface area contributed by atoms with Gasteiger partial charge in [0.15, 0.2) is 11.5 Å². The third kappa shape index (κ3) is 5.24. The number of rotatable bonds is 7. The number of nitrogens with zero attached hydrogens (tertiary/aromatic N) is 2. The number of carbonyl (C=O) groups is 1. The fourth-order valence-corrected chi connectivity index (χ4v) is 4.11. The van der Waals surface area contributed by atoms with Gasteiger partial charge >= 0.3 is 0 Å². The molecule has 168 valence electrons. The fourth-order valence-electron chi connectivity index (χ4n) is 3.54. The van der Waals surface area contributed by atoms with Crippen LogP contribution in [0.3, 0.4) is 0 Å². The molecule has 0 unspecified atom stereocenters. The standard InChI is InChI=1S/C24H27N3O4S/c1-15(2)22(17-9-10-19-20(13-17)30-12-6-11-29-19)25-21(28)14-32-24-27-26-23(31-24)18-8-5-4-7-16(18)3/h4-5,7-10,13,15,22H,6,11-12,14H2,1-3H3,(H,25,28)/t22-/m1/s1. The molecule has 1 N–H and O–H groups in total. The van der Waals surface area contributed by atoms with E-state index in [1.54, 1.807) is 0 Å². The van der Waals surface area contributed by atoms with Crippen molar-refractivity contribution in [1.29, 1.82) is 0 Å². The average molecular weight is 454 g/mol. The molecule has 0 bridgehead atoms. The molecule has 1 aliphatic heterocycles. The van der Waals surface area contributed by atoms with Crippen molar-refractivity contribution in [2.75, 3.05) is 19.0 Å². The van der Waals surface area contributed by atoms with Crippen molar-refractivity contribution in [3.8, 4) is 23.0 Å². The van der Waals surface area contributed by atoms with Crippen molar-refractivity contribution in [3.05, 3.63) is 53.6 Å². The van der Waals surface area contributed by atoms with Gasteiger partial charge in [-0.2, -0.15) is 0 Å². The lowest BCUT2D eigenvalue weighted by atomic mass is 9.95. The van der Waals surface area contributed by atoms with Gasteiger partial charge in [0.25, 0.3) is 5.22 Å². The van der Waals surface area contributed by atoms with E-state index in [0.29, 0.717) is 24.3 Å². The van der Waals surface area contributed by atoms with E-state index in [-0.39, 0.29) is 23.6 Å². The van der Waals surface area contributed by atoms with E-state index in [9.17, 15) is 4.79 Å². The van der Waals surface area contributed by atoms with E-state index in [2.05, 4.69) is 29.4 Å². The summed E-state index contributed by atoms with van der Waals surface area (Å²) < 4.78 is 17.3. The minimum absolute atomic E-state index is 0.101. The zero-order valence-electron chi connectivity index (χ0n) is 18.5. The van der Waals surface area contributed by atoms with E-state index in [1.165, 1.54) is 11.8 Å². The van der Waals surface area contributed by atoms with Crippen LogP contribution >= 0.6 is 11.8 Å². The van der Waals surface area contributed by atoms with Crippen LogP contribution in [0.1, 0.15) is 37.4 Å². The molecular weight excluding hydrogens is 426 g/mol. The molecule has 2 aromatic carbocycles. The Morgan fingerprint density at radius 2 is 1.88 bits per heavy atom. The summed E-state index contributed by atoms with van der Waals surface area (Å²) in [5, 5.41) is 11.7. The number of carbonyl (C=O) groups excluding carboxylic acids is 1. The quantitative estimate of drug-likeness (QED) is 0.514. The van der Waals surface area contributed by atoms with Crippen molar-refractivity contribution in [3.63, 3.8) is 0 Å². The highest BCUT2D eigenvalue weighted by molar-refractivity contribution is 7.99. The summed E-state index contributed by atoms with van der Waals surface area (Å²) in [6.07, 6.45) is 0.854. The van der Waals surface area contributed by atoms with Gasteiger partial charge in [0.1, 0.15) is 0 Å². The lowest BCUT2D eigenvalue weighted by Crippen LogP contribution is -2.33. The van der Waals surface area contributed by atoms with Gasteiger partial charge in [0.05, 0.1) is 25.0 Å². The Bertz CT molecular complexity index is 1080. The monoisotopic (exact) mass is 453 g/mol. The zero-order valence-corrected chi connectivity index (χ0v) is 19.3. The number of nitrogens with one attached hydrogen (secondary N) is 1. The van der Waals surface area contributed by atoms with Crippen molar-refractivity contribution >= 4 is 17.7 Å². The number of fused-ring (bicyclic) bond motifs is 1. The number of amides is 1. The average Bonchev–Trinajstić information content (AvgIpc) is 3.13. The summed E-state index contributed by atoms with van der Waals surface area (Å²) >= 11 is 1.23. The number of thioether (sulfide) groups is 1. The topological polar surface area (TPSA) is 86.5 Å². The first-order valence-electron chi connectivity index (χ1n) is 10.7. The Morgan fingerprint density at radius 3 is 2.66 bits per heavy atom. The number of ether oxygens (including phenoxy) is 2. The summed E-state index contributed by atoms with van der Waals surface area (Å²) in [5.74, 6) is 2.21. The number of benzene rings is 2. The zero-order chi connectivity index (χ0) is 22.5. The first-order valence-corrected chi connectivity index (χ1v) is 11.7. The van der Waals surface area contributed by atoms with Crippen LogP contribution in [-0.4, -0.2) is 35.1 Å². The van der Waals surface area contributed by atoms with Crippen molar-refractivity contribution in [1.82, 2.24) is 15.5 Å². The third-order valence-corrected chi connectivity index (χ3v) is 6.04. The van der Waals surface area contributed by atoms with Crippen LogP contribution < -0.4 is 14.8 Å². The Morgan fingerprint density at radius 1 is 1.09 bits per heavy atom. The molecule has 32 heavy (non-hydrogen) atoms. The van der Waals surface area contributed by atoms with E-state index in [4.69, 9.17) is 13.9 Å². The predicted molar refractivity (Wildman–Crippen MR) is 123 cm³/mol. The molecule has 0 saturated heterocycles. The summed E-state index contributed by atoms with van der Waals surface area (Å²) in [4.78, 5) is 12.7. The molecule has 1 atom stereocenters. The second-order valence-electron chi connectivity index (χ2n) is 8.02. The number of aromatic nitrogens is 2.